The summed E-state index contributed by atoms with van der Waals surface area (Å²) in [4.78, 5) is 4.38. The van der Waals surface area contributed by atoms with E-state index in [2.05, 4.69) is 14.5 Å². The predicted molar refractivity (Wildman–Crippen MR) is 89.5 cm³/mol. The summed E-state index contributed by atoms with van der Waals surface area (Å²) in [5.74, 6) is -0.172. The van der Waals surface area contributed by atoms with Crippen LogP contribution >= 0.6 is 0 Å². The van der Waals surface area contributed by atoms with Crippen molar-refractivity contribution in [1.82, 2.24) is 9.62 Å². The molecule has 23 heavy (non-hydrogen) atoms. The molecule has 0 bridgehead atoms. The highest BCUT2D eigenvalue weighted by molar-refractivity contribution is 7.88. The van der Waals surface area contributed by atoms with Crippen LogP contribution in [0.15, 0.2) is 18.2 Å². The zero-order valence-electron chi connectivity index (χ0n) is 13.5. The van der Waals surface area contributed by atoms with Crippen molar-refractivity contribution < 1.29 is 12.8 Å². The van der Waals surface area contributed by atoms with E-state index in [-0.39, 0.29) is 11.9 Å². The van der Waals surface area contributed by atoms with Gasteiger partial charge in [-0.25, -0.2) is 17.5 Å². The van der Waals surface area contributed by atoms with Gasteiger partial charge in [0.15, 0.2) is 0 Å². The Labute approximate surface area is 137 Å². The van der Waals surface area contributed by atoms with Crippen LogP contribution in [0.1, 0.15) is 24.8 Å². The Hall–Kier alpha value is -1.18. The van der Waals surface area contributed by atoms with Gasteiger partial charge in [-0.3, -0.25) is 4.90 Å². The molecule has 2 fully saturated rings. The molecule has 0 spiro atoms. The fraction of sp³-hybridized carbons (Fsp3) is 0.625. The van der Waals surface area contributed by atoms with E-state index in [0.29, 0.717) is 13.1 Å². The number of nitrogens with zero attached hydrogens (tertiary/aromatic N) is 2. The van der Waals surface area contributed by atoms with E-state index in [1.165, 1.54) is 12.3 Å². The summed E-state index contributed by atoms with van der Waals surface area (Å²) in [6, 6.07) is 5.19. The molecular weight excluding hydrogens is 317 g/mol. The minimum Gasteiger partial charge on any atom is -0.371 e. The van der Waals surface area contributed by atoms with Crippen LogP contribution in [-0.2, 0) is 16.6 Å². The first-order valence-electron chi connectivity index (χ1n) is 8.14. The standard InChI is InChI=1S/C16H24FN3O2S/c1-23(21,22)18-13-7-10-19(11-13)12-14-15(17)5-4-6-16(14)20-8-2-3-9-20/h4-6,13,18H,2-3,7-12H2,1H3. The summed E-state index contributed by atoms with van der Waals surface area (Å²) in [6.45, 7) is 3.89. The second kappa shape index (κ2) is 6.75. The molecular formula is C16H24FN3O2S. The maximum Gasteiger partial charge on any atom is 0.208 e. The van der Waals surface area contributed by atoms with E-state index >= 15 is 0 Å². The highest BCUT2D eigenvalue weighted by Gasteiger charge is 2.27. The van der Waals surface area contributed by atoms with E-state index in [1.807, 2.05) is 6.07 Å². The molecule has 1 unspecified atom stereocenters. The van der Waals surface area contributed by atoms with Gasteiger partial charge in [0.05, 0.1) is 6.26 Å². The van der Waals surface area contributed by atoms with Gasteiger partial charge in [0.1, 0.15) is 5.82 Å². The Morgan fingerprint density at radius 2 is 2.00 bits per heavy atom. The zero-order valence-corrected chi connectivity index (χ0v) is 14.3. The van der Waals surface area contributed by atoms with Gasteiger partial charge in [-0.05, 0) is 31.4 Å². The summed E-state index contributed by atoms with van der Waals surface area (Å²) in [6.07, 6.45) is 4.25. The van der Waals surface area contributed by atoms with Crippen LogP contribution in [0.25, 0.3) is 0 Å². The third kappa shape index (κ3) is 4.22. The third-order valence-electron chi connectivity index (χ3n) is 4.58. The minimum absolute atomic E-state index is 0.0768. The van der Waals surface area contributed by atoms with Crippen molar-refractivity contribution >= 4 is 15.7 Å². The van der Waals surface area contributed by atoms with Crippen LogP contribution in [0.2, 0.25) is 0 Å². The molecule has 2 aliphatic heterocycles. The number of hydrogen-bond donors (Lipinski definition) is 1. The van der Waals surface area contributed by atoms with Gasteiger partial charge in [0, 0.05) is 50.0 Å². The van der Waals surface area contributed by atoms with Crippen molar-refractivity contribution in [3.05, 3.63) is 29.6 Å². The number of hydrogen-bond acceptors (Lipinski definition) is 4. The summed E-state index contributed by atoms with van der Waals surface area (Å²) in [7, 11) is -3.19. The van der Waals surface area contributed by atoms with Gasteiger partial charge in [0.25, 0.3) is 0 Å². The van der Waals surface area contributed by atoms with Crippen molar-refractivity contribution in [1.29, 1.82) is 0 Å². The molecule has 3 rings (SSSR count). The second-order valence-electron chi connectivity index (χ2n) is 6.54. The quantitative estimate of drug-likeness (QED) is 0.883. The molecule has 2 aliphatic rings. The molecule has 1 aromatic rings. The SMILES string of the molecule is CS(=O)(=O)NC1CCN(Cc2c(F)cccc2N2CCCC2)C1. The van der Waals surface area contributed by atoms with E-state index in [0.717, 1.165) is 50.1 Å². The van der Waals surface area contributed by atoms with Crippen LogP contribution in [0.3, 0.4) is 0 Å². The summed E-state index contributed by atoms with van der Waals surface area (Å²) in [5, 5.41) is 0. The Bertz CT molecular complexity index is 659. The molecule has 7 heteroatoms. The Morgan fingerprint density at radius 3 is 2.70 bits per heavy atom. The van der Waals surface area contributed by atoms with Crippen molar-refractivity contribution in [2.75, 3.05) is 37.3 Å². The molecule has 1 atom stereocenters. The lowest BCUT2D eigenvalue weighted by molar-refractivity contribution is 0.319. The first-order valence-corrected chi connectivity index (χ1v) is 10.0. The lowest BCUT2D eigenvalue weighted by Gasteiger charge is -2.24. The highest BCUT2D eigenvalue weighted by Crippen LogP contribution is 2.28. The Kier molecular flexibility index (Phi) is 4.89. The molecule has 0 radical (unpaired) electrons. The van der Waals surface area contributed by atoms with Crippen molar-refractivity contribution in [3.63, 3.8) is 0 Å². The monoisotopic (exact) mass is 341 g/mol. The zero-order chi connectivity index (χ0) is 16.4. The molecule has 1 aromatic carbocycles. The van der Waals surface area contributed by atoms with E-state index < -0.39 is 10.0 Å². The number of rotatable bonds is 5. The lowest BCUT2D eigenvalue weighted by atomic mass is 10.1. The largest absolute Gasteiger partial charge is 0.371 e. The Balaban J connectivity index is 1.71. The molecule has 0 amide bonds. The second-order valence-corrected chi connectivity index (χ2v) is 8.32. The summed E-state index contributed by atoms with van der Waals surface area (Å²) in [5.41, 5.74) is 1.72. The average Bonchev–Trinajstić information content (AvgIpc) is 3.11. The summed E-state index contributed by atoms with van der Waals surface area (Å²) < 4.78 is 39.7. The average molecular weight is 341 g/mol. The smallest absolute Gasteiger partial charge is 0.208 e. The van der Waals surface area contributed by atoms with Gasteiger partial charge in [0.2, 0.25) is 10.0 Å². The number of nitrogens with one attached hydrogen (secondary N) is 1. The van der Waals surface area contributed by atoms with Gasteiger partial charge in [-0.1, -0.05) is 6.07 Å². The maximum absolute atomic E-state index is 14.4. The van der Waals surface area contributed by atoms with Crippen molar-refractivity contribution in [2.24, 2.45) is 0 Å². The normalized spacial score (nSPS) is 22.9. The Morgan fingerprint density at radius 1 is 1.26 bits per heavy atom. The van der Waals surface area contributed by atoms with Crippen LogP contribution in [0.4, 0.5) is 10.1 Å². The third-order valence-corrected chi connectivity index (χ3v) is 5.34. The number of likely N-dealkylation sites (tertiary alicyclic amines) is 1. The van der Waals surface area contributed by atoms with Crippen LogP contribution in [-0.4, -0.2) is 51.8 Å². The molecule has 5 nitrogen and oxygen atoms in total. The summed E-state index contributed by atoms with van der Waals surface area (Å²) >= 11 is 0. The first-order chi connectivity index (χ1) is 10.9. The lowest BCUT2D eigenvalue weighted by Crippen LogP contribution is -2.36. The highest BCUT2D eigenvalue weighted by atomic mass is 32.2. The maximum atomic E-state index is 14.4. The number of sulfonamides is 1. The van der Waals surface area contributed by atoms with Gasteiger partial charge >= 0.3 is 0 Å². The molecule has 0 aliphatic carbocycles. The van der Waals surface area contributed by atoms with E-state index in [1.54, 1.807) is 6.07 Å². The van der Waals surface area contributed by atoms with Crippen molar-refractivity contribution in [3.8, 4) is 0 Å². The molecule has 2 saturated heterocycles. The van der Waals surface area contributed by atoms with Crippen molar-refractivity contribution in [2.45, 2.75) is 31.8 Å². The number of anilines is 1. The fourth-order valence-corrected chi connectivity index (χ4v) is 4.35. The van der Waals surface area contributed by atoms with E-state index in [4.69, 9.17) is 0 Å². The molecule has 2 heterocycles. The topological polar surface area (TPSA) is 52.7 Å². The van der Waals surface area contributed by atoms with Gasteiger partial charge in [-0.2, -0.15) is 0 Å². The number of benzene rings is 1. The van der Waals surface area contributed by atoms with Crippen LogP contribution in [0, 0.1) is 5.82 Å². The molecule has 0 aromatic heterocycles. The van der Waals surface area contributed by atoms with Gasteiger partial charge in [-0.15, -0.1) is 0 Å². The van der Waals surface area contributed by atoms with Crippen LogP contribution in [0.5, 0.6) is 0 Å². The first kappa shape index (κ1) is 16.7. The fourth-order valence-electron chi connectivity index (χ4n) is 3.56. The van der Waals surface area contributed by atoms with Crippen LogP contribution < -0.4 is 9.62 Å². The predicted octanol–water partition coefficient (Wildman–Crippen LogP) is 1.55. The minimum atomic E-state index is -3.19. The van der Waals surface area contributed by atoms with E-state index in [9.17, 15) is 12.8 Å². The number of halogens is 1. The van der Waals surface area contributed by atoms with Gasteiger partial charge < -0.3 is 4.90 Å². The molecule has 0 saturated carbocycles. The molecule has 128 valence electrons. The molecule has 1 N–H and O–H groups in total.